The molecule has 0 unspecified atom stereocenters. The van der Waals surface area contributed by atoms with Crippen LogP contribution in [-0.2, 0) is 0 Å². The smallest absolute Gasteiger partial charge is 0.251 e. The summed E-state index contributed by atoms with van der Waals surface area (Å²) in [6.07, 6.45) is 1.64. The Morgan fingerprint density at radius 3 is 2.67 bits per heavy atom. The minimum atomic E-state index is -0.309. The fraction of sp³-hybridized carbons (Fsp3) is 0.111. The second-order valence-electron chi connectivity index (χ2n) is 5.56. The maximum absolute atomic E-state index is 12.3. The second-order valence-corrected chi connectivity index (χ2v) is 5.56. The van der Waals surface area contributed by atoms with Gasteiger partial charge in [-0.15, -0.1) is 5.10 Å². The van der Waals surface area contributed by atoms with Crippen LogP contribution in [0.4, 0.5) is 0 Å². The first kappa shape index (κ1) is 14.3. The molecule has 1 atom stereocenters. The van der Waals surface area contributed by atoms with Crippen LogP contribution in [0.2, 0.25) is 0 Å². The van der Waals surface area contributed by atoms with Crippen LogP contribution in [0.15, 0.2) is 60.9 Å². The first-order chi connectivity index (χ1) is 11.7. The lowest BCUT2D eigenvalue weighted by Crippen LogP contribution is -2.27. The van der Waals surface area contributed by atoms with Crippen LogP contribution in [0.3, 0.4) is 0 Å². The average Bonchev–Trinajstić information content (AvgIpc) is 3.07. The van der Waals surface area contributed by atoms with Crippen molar-refractivity contribution in [2.75, 3.05) is 0 Å². The number of amides is 1. The van der Waals surface area contributed by atoms with Crippen LogP contribution in [0, 0.1) is 0 Å². The van der Waals surface area contributed by atoms with Crippen molar-refractivity contribution in [2.24, 2.45) is 0 Å². The molecule has 4 aromatic rings. The van der Waals surface area contributed by atoms with E-state index in [0.717, 1.165) is 16.6 Å². The van der Waals surface area contributed by atoms with Gasteiger partial charge in [0.25, 0.3) is 5.91 Å². The first-order valence-corrected chi connectivity index (χ1v) is 7.68. The number of carbonyl (C=O) groups excluding carboxylic acids is 1. The Morgan fingerprint density at radius 2 is 1.83 bits per heavy atom. The number of para-hydroxylation sites is 1. The topological polar surface area (TPSA) is 72.2 Å². The molecule has 24 heavy (non-hydrogen) atoms. The third-order valence-corrected chi connectivity index (χ3v) is 3.87. The van der Waals surface area contributed by atoms with Crippen molar-refractivity contribution in [3.8, 4) is 0 Å². The number of rotatable bonds is 3. The van der Waals surface area contributed by atoms with Crippen LogP contribution in [0.25, 0.3) is 16.6 Å². The number of nitrogens with zero attached hydrogens (tertiary/aromatic N) is 4. The lowest BCUT2D eigenvalue weighted by Gasteiger charge is -2.10. The van der Waals surface area contributed by atoms with Crippen LogP contribution >= 0.6 is 0 Å². The van der Waals surface area contributed by atoms with Crippen molar-refractivity contribution >= 4 is 22.5 Å². The standard InChI is InChI=1S/C18H15N5O/c1-12(20-18(24)13-7-3-2-4-8-13)16-21-17-14-9-5-6-10-15(14)19-11-23(17)22-16/h2-12H,1H3,(H,20,24)/t12-/m1/s1. The largest absolute Gasteiger partial charge is 0.342 e. The van der Waals surface area contributed by atoms with E-state index in [1.165, 1.54) is 0 Å². The molecule has 0 saturated carbocycles. The number of benzene rings is 2. The molecule has 0 fully saturated rings. The summed E-state index contributed by atoms with van der Waals surface area (Å²) in [4.78, 5) is 21.2. The first-order valence-electron chi connectivity index (χ1n) is 7.68. The number of nitrogens with one attached hydrogen (secondary N) is 1. The monoisotopic (exact) mass is 317 g/mol. The predicted octanol–water partition coefficient (Wildman–Crippen LogP) is 2.77. The van der Waals surface area contributed by atoms with E-state index in [2.05, 4.69) is 20.4 Å². The number of hydrogen-bond acceptors (Lipinski definition) is 4. The molecule has 0 radical (unpaired) electrons. The number of hydrogen-bond donors (Lipinski definition) is 1. The molecule has 1 N–H and O–H groups in total. The molecule has 0 spiro atoms. The Kier molecular flexibility index (Phi) is 3.42. The molecule has 2 aromatic heterocycles. The van der Waals surface area contributed by atoms with E-state index in [1.54, 1.807) is 23.0 Å². The predicted molar refractivity (Wildman–Crippen MR) is 90.6 cm³/mol. The van der Waals surface area contributed by atoms with Crippen LogP contribution < -0.4 is 5.32 Å². The summed E-state index contributed by atoms with van der Waals surface area (Å²) >= 11 is 0. The third kappa shape index (κ3) is 2.48. The minimum Gasteiger partial charge on any atom is -0.342 e. The molecule has 118 valence electrons. The molecule has 6 nitrogen and oxygen atoms in total. The van der Waals surface area contributed by atoms with E-state index in [4.69, 9.17) is 0 Å². The fourth-order valence-electron chi connectivity index (χ4n) is 2.61. The van der Waals surface area contributed by atoms with Gasteiger partial charge in [-0.25, -0.2) is 14.5 Å². The highest BCUT2D eigenvalue weighted by Crippen LogP contribution is 2.18. The second kappa shape index (κ2) is 5.73. The van der Waals surface area contributed by atoms with Gasteiger partial charge in [0.2, 0.25) is 0 Å². The highest BCUT2D eigenvalue weighted by molar-refractivity contribution is 5.94. The van der Waals surface area contributed by atoms with Gasteiger partial charge in [-0.2, -0.15) is 0 Å². The molecule has 0 saturated heterocycles. The maximum atomic E-state index is 12.3. The molecule has 6 heteroatoms. The zero-order valence-corrected chi connectivity index (χ0v) is 13.0. The zero-order valence-electron chi connectivity index (χ0n) is 13.0. The summed E-state index contributed by atoms with van der Waals surface area (Å²) in [5, 5.41) is 8.29. The lowest BCUT2D eigenvalue weighted by atomic mass is 10.2. The number of aromatic nitrogens is 4. The molecule has 4 rings (SSSR count). The lowest BCUT2D eigenvalue weighted by molar-refractivity contribution is 0.0938. The normalized spacial score (nSPS) is 12.4. The van der Waals surface area contributed by atoms with Gasteiger partial charge in [-0.1, -0.05) is 30.3 Å². The van der Waals surface area contributed by atoms with Gasteiger partial charge in [0.1, 0.15) is 6.33 Å². The minimum absolute atomic E-state index is 0.148. The Labute approximate surface area is 138 Å². The van der Waals surface area contributed by atoms with Gasteiger partial charge in [-0.05, 0) is 31.2 Å². The summed E-state index contributed by atoms with van der Waals surface area (Å²) in [6, 6.07) is 16.6. The number of fused-ring (bicyclic) bond motifs is 3. The van der Waals surface area contributed by atoms with Crippen molar-refractivity contribution in [3.63, 3.8) is 0 Å². The van der Waals surface area contributed by atoms with Crippen molar-refractivity contribution in [2.45, 2.75) is 13.0 Å². The fourth-order valence-corrected chi connectivity index (χ4v) is 2.61. The molecule has 2 heterocycles. The number of carbonyl (C=O) groups is 1. The summed E-state index contributed by atoms with van der Waals surface area (Å²) < 4.78 is 1.64. The van der Waals surface area contributed by atoms with Gasteiger partial charge < -0.3 is 5.32 Å². The Bertz CT molecular complexity index is 1030. The van der Waals surface area contributed by atoms with E-state index in [-0.39, 0.29) is 11.9 Å². The van der Waals surface area contributed by atoms with Gasteiger partial charge in [0.05, 0.1) is 11.6 Å². The van der Waals surface area contributed by atoms with Crippen molar-refractivity contribution in [3.05, 3.63) is 72.3 Å². The average molecular weight is 317 g/mol. The Hall–Kier alpha value is -3.28. The SMILES string of the molecule is C[C@@H](NC(=O)c1ccccc1)c1nc2c3ccccc3ncn2n1. The quantitative estimate of drug-likeness (QED) is 0.630. The molecule has 2 aromatic carbocycles. The van der Waals surface area contributed by atoms with Gasteiger partial charge in [0.15, 0.2) is 11.5 Å². The van der Waals surface area contributed by atoms with Crippen molar-refractivity contribution < 1.29 is 4.79 Å². The van der Waals surface area contributed by atoms with Crippen LogP contribution in [-0.4, -0.2) is 25.5 Å². The maximum Gasteiger partial charge on any atom is 0.251 e. The molecule has 1 amide bonds. The van der Waals surface area contributed by atoms with Crippen molar-refractivity contribution in [1.29, 1.82) is 0 Å². The Morgan fingerprint density at radius 1 is 1.08 bits per heavy atom. The molecule has 0 aliphatic heterocycles. The van der Waals surface area contributed by atoms with Gasteiger partial charge in [0, 0.05) is 10.9 Å². The third-order valence-electron chi connectivity index (χ3n) is 3.87. The molecule has 0 bridgehead atoms. The molecule has 0 aliphatic carbocycles. The Balaban J connectivity index is 1.66. The van der Waals surface area contributed by atoms with Crippen molar-refractivity contribution in [1.82, 2.24) is 24.9 Å². The summed E-state index contributed by atoms with van der Waals surface area (Å²) in [6.45, 7) is 1.87. The summed E-state index contributed by atoms with van der Waals surface area (Å²) in [5.74, 6) is 0.405. The van der Waals surface area contributed by atoms with E-state index < -0.39 is 0 Å². The van der Waals surface area contributed by atoms with E-state index in [9.17, 15) is 4.79 Å². The van der Waals surface area contributed by atoms with E-state index >= 15 is 0 Å². The highest BCUT2D eigenvalue weighted by Gasteiger charge is 2.16. The van der Waals surface area contributed by atoms with Crippen LogP contribution in [0.1, 0.15) is 29.1 Å². The summed E-state index contributed by atoms with van der Waals surface area (Å²) in [7, 11) is 0. The molecule has 0 aliphatic rings. The summed E-state index contributed by atoms with van der Waals surface area (Å²) in [5.41, 5.74) is 2.21. The van der Waals surface area contributed by atoms with Crippen LogP contribution in [0.5, 0.6) is 0 Å². The highest BCUT2D eigenvalue weighted by atomic mass is 16.1. The zero-order chi connectivity index (χ0) is 16.5. The molecular formula is C18H15N5O. The van der Waals surface area contributed by atoms with Gasteiger partial charge >= 0.3 is 0 Å². The van der Waals surface area contributed by atoms with Gasteiger partial charge in [-0.3, -0.25) is 4.79 Å². The van der Waals surface area contributed by atoms with E-state index in [1.807, 2.05) is 49.4 Å². The molecular weight excluding hydrogens is 302 g/mol. The van der Waals surface area contributed by atoms with E-state index in [0.29, 0.717) is 11.4 Å².